The van der Waals surface area contributed by atoms with Crippen LogP contribution in [-0.2, 0) is 20.4 Å². The number of nitrogens with two attached hydrogens (primary N) is 1. The minimum atomic E-state index is -5.80. The largest absolute Gasteiger partial charge is 0.494 e. The molecule has 0 saturated heterocycles. The molecule has 0 bridgehead atoms. The van der Waals surface area contributed by atoms with Crippen LogP contribution in [0.4, 0.5) is 32.3 Å². The lowest BCUT2D eigenvalue weighted by atomic mass is 10.3. The normalized spacial score (nSPS) is 16.2. The highest BCUT2D eigenvalue weighted by Crippen LogP contribution is 2.67. The van der Waals surface area contributed by atoms with Crippen molar-refractivity contribution in [1.29, 1.82) is 0 Å². The van der Waals surface area contributed by atoms with Gasteiger partial charge in [0.05, 0.1) is 19.5 Å². The molecule has 234 valence electrons. The molecular formula is C22H27F6N5O6P2S. The van der Waals surface area contributed by atoms with Crippen LogP contribution in [0.3, 0.4) is 0 Å². The van der Waals surface area contributed by atoms with Gasteiger partial charge >= 0.3 is 12.4 Å². The molecule has 0 aliphatic rings. The van der Waals surface area contributed by atoms with Crippen molar-refractivity contribution >= 4 is 43.6 Å². The van der Waals surface area contributed by atoms with E-state index in [-0.39, 0.29) is 17.1 Å². The molecule has 2 aromatic heterocycles. The van der Waals surface area contributed by atoms with Crippen molar-refractivity contribution in [2.45, 2.75) is 54.2 Å². The quantitative estimate of drug-likeness (QED) is 0.0838. The fourth-order valence-corrected chi connectivity index (χ4v) is 9.30. The SMILES string of the molecule is CCCCOc1ccc(Sc2nc(N)nc3c2ncn3CCOC(P(=O)(O)CC(F)(F)F)P(=O)(O)CC(F)(F)F)cc1. The number of aromatic nitrogens is 4. The molecule has 20 heteroatoms. The van der Waals surface area contributed by atoms with Gasteiger partial charge in [-0.3, -0.25) is 9.13 Å². The fourth-order valence-electron chi connectivity index (χ4n) is 3.66. The molecule has 4 N–H and O–H groups in total. The molecule has 42 heavy (non-hydrogen) atoms. The number of nitrogen functional groups attached to an aromatic ring is 1. The number of rotatable bonds is 14. The van der Waals surface area contributed by atoms with Gasteiger partial charge in [-0.2, -0.15) is 31.3 Å². The summed E-state index contributed by atoms with van der Waals surface area (Å²) in [6.45, 7) is 1.38. The van der Waals surface area contributed by atoms with Crippen LogP contribution in [0.15, 0.2) is 40.5 Å². The van der Waals surface area contributed by atoms with Gasteiger partial charge in [0.2, 0.25) is 26.3 Å². The molecule has 0 saturated carbocycles. The molecule has 0 aliphatic heterocycles. The molecule has 0 spiro atoms. The summed E-state index contributed by atoms with van der Waals surface area (Å²) in [7, 11) is -11.6. The van der Waals surface area contributed by atoms with E-state index in [0.717, 1.165) is 17.7 Å². The zero-order valence-corrected chi connectivity index (χ0v) is 24.5. The van der Waals surface area contributed by atoms with E-state index in [1.54, 1.807) is 24.3 Å². The molecule has 0 aliphatic carbocycles. The van der Waals surface area contributed by atoms with Crippen LogP contribution in [0.2, 0.25) is 0 Å². The van der Waals surface area contributed by atoms with Crippen molar-refractivity contribution in [3.8, 4) is 5.75 Å². The minimum absolute atomic E-state index is 0.106. The van der Waals surface area contributed by atoms with E-state index in [2.05, 4.69) is 15.0 Å². The molecule has 1 aromatic carbocycles. The maximum atomic E-state index is 12.8. The first kappa shape index (κ1) is 34.1. The number of unbranched alkanes of at least 4 members (excludes halogenated alkanes) is 1. The zero-order valence-electron chi connectivity index (χ0n) is 21.9. The van der Waals surface area contributed by atoms with Crippen molar-refractivity contribution < 1.29 is 54.7 Å². The molecule has 0 fully saturated rings. The Morgan fingerprint density at radius 2 is 1.60 bits per heavy atom. The molecule has 2 heterocycles. The first-order valence-electron chi connectivity index (χ1n) is 12.2. The summed E-state index contributed by atoms with van der Waals surface area (Å²) in [6.07, 6.45) is -12.6. The van der Waals surface area contributed by atoms with Crippen LogP contribution in [0, 0.1) is 0 Å². The third-order valence-electron chi connectivity index (χ3n) is 5.36. The van der Waals surface area contributed by atoms with Crippen LogP contribution in [-0.4, -0.2) is 72.8 Å². The highest BCUT2D eigenvalue weighted by atomic mass is 32.2. The number of imidazole rings is 1. The number of hydrogen-bond donors (Lipinski definition) is 3. The van der Waals surface area contributed by atoms with Crippen LogP contribution in [0.25, 0.3) is 11.2 Å². The topological polar surface area (TPSA) is 163 Å². The minimum Gasteiger partial charge on any atom is -0.494 e. The summed E-state index contributed by atoms with van der Waals surface area (Å²) in [4.78, 5) is 33.0. The van der Waals surface area contributed by atoms with Crippen molar-refractivity contribution in [1.82, 2.24) is 19.5 Å². The number of alkyl halides is 6. The summed E-state index contributed by atoms with van der Waals surface area (Å²) in [5, 5.41) is 0.324. The van der Waals surface area contributed by atoms with Gasteiger partial charge in [-0.15, -0.1) is 0 Å². The lowest BCUT2D eigenvalue weighted by Crippen LogP contribution is -2.27. The smallest absolute Gasteiger partial charge is 0.398 e. The average Bonchev–Trinajstić information content (AvgIpc) is 3.22. The Balaban J connectivity index is 1.79. The number of halogens is 6. The van der Waals surface area contributed by atoms with Gasteiger partial charge in [0.1, 0.15) is 28.6 Å². The monoisotopic (exact) mass is 665 g/mol. The van der Waals surface area contributed by atoms with Gasteiger partial charge in [-0.1, -0.05) is 25.1 Å². The van der Waals surface area contributed by atoms with Gasteiger partial charge in [0.15, 0.2) is 5.65 Å². The highest BCUT2D eigenvalue weighted by molar-refractivity contribution is 7.99. The lowest BCUT2D eigenvalue weighted by molar-refractivity contribution is -0.108. The van der Waals surface area contributed by atoms with Gasteiger partial charge in [-0.25, -0.2) is 9.97 Å². The van der Waals surface area contributed by atoms with E-state index in [4.69, 9.17) is 15.2 Å². The van der Waals surface area contributed by atoms with Crippen molar-refractivity contribution in [2.75, 3.05) is 31.3 Å². The number of ether oxygens (including phenoxy) is 2. The maximum absolute atomic E-state index is 12.8. The van der Waals surface area contributed by atoms with Crippen LogP contribution in [0.1, 0.15) is 19.8 Å². The summed E-state index contributed by atoms with van der Waals surface area (Å²) >= 11 is 1.18. The van der Waals surface area contributed by atoms with Crippen molar-refractivity contribution in [2.24, 2.45) is 0 Å². The molecule has 0 radical (unpaired) electrons. The van der Waals surface area contributed by atoms with E-state index < -0.39 is 58.2 Å². The van der Waals surface area contributed by atoms with E-state index in [9.17, 15) is 45.3 Å². The second-order valence-electron chi connectivity index (χ2n) is 9.03. The van der Waals surface area contributed by atoms with E-state index >= 15 is 0 Å². The number of hydrogen-bond acceptors (Lipinski definition) is 9. The maximum Gasteiger partial charge on any atom is 0.398 e. The molecule has 3 aromatic rings. The van der Waals surface area contributed by atoms with Crippen LogP contribution < -0.4 is 10.5 Å². The van der Waals surface area contributed by atoms with Gasteiger partial charge in [0, 0.05) is 11.4 Å². The highest BCUT2D eigenvalue weighted by Gasteiger charge is 2.54. The van der Waals surface area contributed by atoms with Crippen LogP contribution in [0.5, 0.6) is 5.75 Å². The van der Waals surface area contributed by atoms with Crippen molar-refractivity contribution in [3.63, 3.8) is 0 Å². The van der Waals surface area contributed by atoms with E-state index in [1.165, 1.54) is 22.7 Å². The number of anilines is 1. The van der Waals surface area contributed by atoms with E-state index in [0.29, 0.717) is 17.4 Å². The van der Waals surface area contributed by atoms with Crippen molar-refractivity contribution in [3.05, 3.63) is 30.6 Å². The predicted molar refractivity (Wildman–Crippen MR) is 142 cm³/mol. The number of fused-ring (bicyclic) bond motifs is 1. The summed E-state index contributed by atoms with van der Waals surface area (Å²) < 4.78 is 113. The lowest BCUT2D eigenvalue weighted by Gasteiger charge is -2.28. The van der Waals surface area contributed by atoms with Gasteiger partial charge in [0.25, 0.3) is 0 Å². The zero-order chi connectivity index (χ0) is 31.3. The molecule has 11 nitrogen and oxygen atoms in total. The number of nitrogens with zero attached hydrogens (tertiary/aromatic N) is 4. The second kappa shape index (κ2) is 13.5. The summed E-state index contributed by atoms with van der Waals surface area (Å²) in [5.74, 6) is 0.494. The molecular weight excluding hydrogens is 638 g/mol. The summed E-state index contributed by atoms with van der Waals surface area (Å²) in [5.41, 5.74) is 3.04. The predicted octanol–water partition coefficient (Wildman–Crippen LogP) is 5.70. The number of benzene rings is 1. The van der Waals surface area contributed by atoms with Gasteiger partial charge in [-0.05, 0) is 30.7 Å². The molecule has 0 amide bonds. The Bertz CT molecular complexity index is 1420. The Hall–Kier alpha value is -2.36. The standard InChI is InChI=1S/C22H27F6N5O6P2S/c1-2-3-9-38-14-4-6-15(7-5-14)42-18-16-17(31-19(29)32-18)33(13-30-16)8-10-39-20(40(34,35)11-21(23,24)25)41(36,37)12-22(26,27)28/h4-7,13,20H,2-3,8-12H2,1H3,(H,34,35)(H,36,37)(H2,29,31,32). The Labute approximate surface area is 239 Å². The Morgan fingerprint density at radius 1 is 1.00 bits per heavy atom. The molecule has 3 rings (SSSR count). The van der Waals surface area contributed by atoms with E-state index in [1.807, 2.05) is 6.92 Å². The molecule has 2 atom stereocenters. The van der Waals surface area contributed by atoms with Gasteiger partial charge < -0.3 is 29.6 Å². The summed E-state index contributed by atoms with van der Waals surface area (Å²) in [6, 6.07) is 7.10. The Morgan fingerprint density at radius 3 is 2.14 bits per heavy atom. The first-order valence-corrected chi connectivity index (χ1v) is 16.8. The van der Waals surface area contributed by atoms with Crippen LogP contribution >= 0.6 is 26.5 Å². The average molecular weight is 665 g/mol. The second-order valence-corrected chi connectivity index (χ2v) is 15.1. The fraction of sp³-hybridized carbons (Fsp3) is 0.500. The first-order chi connectivity index (χ1) is 19.4. The third-order valence-corrected chi connectivity index (χ3v) is 11.8. The Kier molecular flexibility index (Phi) is 11.0. The third kappa shape index (κ3) is 9.85. The molecule has 2 unspecified atom stereocenters.